The molecule has 2 aromatic rings. The maximum atomic E-state index is 6.07. The van der Waals surface area contributed by atoms with Gasteiger partial charge in [0.15, 0.2) is 0 Å². The van der Waals surface area contributed by atoms with Crippen LogP contribution in [0.3, 0.4) is 0 Å². The SMILES string of the molecule is COc1c(Cl)cc(Cl)cc1C=Nc1ccc(I)cc1. The third-order valence-corrected chi connectivity index (χ3v) is 3.64. The van der Waals surface area contributed by atoms with E-state index in [1.807, 2.05) is 24.3 Å². The van der Waals surface area contributed by atoms with Crippen molar-refractivity contribution in [3.63, 3.8) is 0 Å². The van der Waals surface area contributed by atoms with Crippen LogP contribution in [0, 0.1) is 3.57 Å². The van der Waals surface area contributed by atoms with Gasteiger partial charge in [-0.2, -0.15) is 0 Å². The van der Waals surface area contributed by atoms with Gasteiger partial charge in [-0.05, 0) is 59.0 Å². The molecule has 0 heterocycles. The number of halogens is 3. The summed E-state index contributed by atoms with van der Waals surface area (Å²) in [6.07, 6.45) is 1.69. The number of methoxy groups -OCH3 is 1. The second-order valence-corrected chi connectivity index (χ2v) is 5.83. The Labute approximate surface area is 135 Å². The van der Waals surface area contributed by atoms with Crippen LogP contribution in [0.2, 0.25) is 10.0 Å². The molecule has 0 N–H and O–H groups in total. The van der Waals surface area contributed by atoms with Gasteiger partial charge in [-0.25, -0.2) is 0 Å². The molecule has 0 aromatic heterocycles. The number of hydrogen-bond donors (Lipinski definition) is 0. The molecule has 2 rings (SSSR count). The summed E-state index contributed by atoms with van der Waals surface area (Å²) < 4.78 is 6.42. The average Bonchev–Trinajstić information content (AvgIpc) is 2.37. The molecule has 0 saturated heterocycles. The van der Waals surface area contributed by atoms with Crippen LogP contribution in [0.25, 0.3) is 0 Å². The van der Waals surface area contributed by atoms with Crippen molar-refractivity contribution in [1.29, 1.82) is 0 Å². The number of benzene rings is 2. The first-order chi connectivity index (χ1) is 9.10. The molecule has 2 nitrogen and oxygen atoms in total. The Morgan fingerprint density at radius 3 is 2.47 bits per heavy atom. The van der Waals surface area contributed by atoms with Crippen molar-refractivity contribution in [3.8, 4) is 5.75 Å². The second-order valence-electron chi connectivity index (χ2n) is 3.74. The molecular weight excluding hydrogens is 396 g/mol. The van der Waals surface area contributed by atoms with Gasteiger partial charge in [0, 0.05) is 20.4 Å². The standard InChI is InChI=1S/C14H10Cl2INO/c1-19-14-9(6-10(15)7-13(14)16)8-18-12-4-2-11(17)3-5-12/h2-8H,1H3. The van der Waals surface area contributed by atoms with E-state index in [2.05, 4.69) is 27.6 Å². The molecule has 0 amide bonds. The van der Waals surface area contributed by atoms with Crippen molar-refractivity contribution in [2.75, 3.05) is 7.11 Å². The summed E-state index contributed by atoms with van der Waals surface area (Å²) >= 11 is 14.3. The zero-order chi connectivity index (χ0) is 13.8. The summed E-state index contributed by atoms with van der Waals surface area (Å²) in [4.78, 5) is 4.38. The van der Waals surface area contributed by atoms with Crippen LogP contribution >= 0.6 is 45.8 Å². The first-order valence-corrected chi connectivity index (χ1v) is 7.26. The van der Waals surface area contributed by atoms with Crippen LogP contribution in [0.15, 0.2) is 41.4 Å². The Balaban J connectivity index is 2.34. The van der Waals surface area contributed by atoms with Crippen molar-refractivity contribution in [2.24, 2.45) is 4.99 Å². The van der Waals surface area contributed by atoms with E-state index in [-0.39, 0.29) is 0 Å². The van der Waals surface area contributed by atoms with Crippen LogP contribution in [0.4, 0.5) is 5.69 Å². The lowest BCUT2D eigenvalue weighted by molar-refractivity contribution is 0.414. The van der Waals surface area contributed by atoms with Crippen LogP contribution in [-0.4, -0.2) is 13.3 Å². The molecule has 0 aliphatic carbocycles. The predicted octanol–water partition coefficient (Wildman–Crippen LogP) is 5.36. The third kappa shape index (κ3) is 3.84. The smallest absolute Gasteiger partial charge is 0.146 e. The highest BCUT2D eigenvalue weighted by Gasteiger charge is 2.07. The number of hydrogen-bond acceptors (Lipinski definition) is 2. The maximum absolute atomic E-state index is 6.07. The summed E-state index contributed by atoms with van der Waals surface area (Å²) in [5, 5.41) is 1.02. The van der Waals surface area contributed by atoms with Crippen molar-refractivity contribution < 1.29 is 4.74 Å². The topological polar surface area (TPSA) is 21.6 Å². The zero-order valence-corrected chi connectivity index (χ0v) is 13.7. The molecule has 0 spiro atoms. The first kappa shape index (κ1) is 14.6. The molecule has 0 radical (unpaired) electrons. The van der Waals surface area contributed by atoms with Crippen LogP contribution in [-0.2, 0) is 0 Å². The quantitative estimate of drug-likeness (QED) is 0.497. The fraction of sp³-hybridized carbons (Fsp3) is 0.0714. The Hall–Kier alpha value is -0.780. The molecule has 0 aliphatic rings. The molecule has 5 heteroatoms. The van der Waals surface area contributed by atoms with Gasteiger partial charge >= 0.3 is 0 Å². The largest absolute Gasteiger partial charge is 0.495 e. The second kappa shape index (κ2) is 6.59. The molecule has 0 unspecified atom stereocenters. The maximum Gasteiger partial charge on any atom is 0.146 e. The van der Waals surface area contributed by atoms with Crippen LogP contribution in [0.5, 0.6) is 5.75 Å². The lowest BCUT2D eigenvalue weighted by Gasteiger charge is -2.07. The molecule has 0 bridgehead atoms. The minimum absolute atomic E-state index is 0.471. The highest BCUT2D eigenvalue weighted by atomic mass is 127. The van der Waals surface area contributed by atoms with Crippen LogP contribution < -0.4 is 4.74 Å². The van der Waals surface area contributed by atoms with Crippen molar-refractivity contribution in [3.05, 3.63) is 55.6 Å². The van der Waals surface area contributed by atoms with E-state index in [9.17, 15) is 0 Å². The molecule has 98 valence electrons. The summed E-state index contributed by atoms with van der Waals surface area (Å²) in [5.41, 5.74) is 1.61. The van der Waals surface area contributed by atoms with Gasteiger partial charge < -0.3 is 4.74 Å². The lowest BCUT2D eigenvalue weighted by atomic mass is 10.2. The molecule has 2 aromatic carbocycles. The number of aliphatic imine (C=N–C) groups is 1. The van der Waals surface area contributed by atoms with Gasteiger partial charge in [-0.15, -0.1) is 0 Å². The number of ether oxygens (including phenoxy) is 1. The molecule has 0 saturated carbocycles. The van der Waals surface area contributed by atoms with E-state index >= 15 is 0 Å². The summed E-state index contributed by atoms with van der Waals surface area (Å²) in [7, 11) is 1.57. The van der Waals surface area contributed by atoms with E-state index in [1.54, 1.807) is 25.5 Å². The Morgan fingerprint density at radius 1 is 1.16 bits per heavy atom. The fourth-order valence-corrected chi connectivity index (χ4v) is 2.51. The normalized spacial score (nSPS) is 10.9. The van der Waals surface area contributed by atoms with E-state index in [0.717, 1.165) is 11.3 Å². The van der Waals surface area contributed by atoms with Crippen molar-refractivity contribution in [2.45, 2.75) is 0 Å². The minimum atomic E-state index is 0.471. The lowest BCUT2D eigenvalue weighted by Crippen LogP contribution is -1.92. The molecule has 19 heavy (non-hydrogen) atoms. The summed E-state index contributed by atoms with van der Waals surface area (Å²) in [6, 6.07) is 11.3. The summed E-state index contributed by atoms with van der Waals surface area (Å²) in [5.74, 6) is 0.570. The van der Waals surface area contributed by atoms with E-state index in [0.29, 0.717) is 15.8 Å². The average molecular weight is 406 g/mol. The fourth-order valence-electron chi connectivity index (χ4n) is 1.56. The predicted molar refractivity (Wildman–Crippen MR) is 89.4 cm³/mol. The van der Waals surface area contributed by atoms with Gasteiger partial charge in [-0.1, -0.05) is 23.2 Å². The van der Waals surface area contributed by atoms with Crippen molar-refractivity contribution in [1.82, 2.24) is 0 Å². The monoisotopic (exact) mass is 405 g/mol. The first-order valence-electron chi connectivity index (χ1n) is 5.43. The zero-order valence-electron chi connectivity index (χ0n) is 10.0. The number of nitrogens with zero attached hydrogens (tertiary/aromatic N) is 1. The molecular formula is C14H10Cl2INO. The Bertz CT molecular complexity index is 612. The highest BCUT2D eigenvalue weighted by Crippen LogP contribution is 2.31. The third-order valence-electron chi connectivity index (χ3n) is 2.42. The van der Waals surface area contributed by atoms with E-state index in [1.165, 1.54) is 3.57 Å². The molecule has 0 atom stereocenters. The van der Waals surface area contributed by atoms with E-state index in [4.69, 9.17) is 27.9 Å². The van der Waals surface area contributed by atoms with E-state index < -0.39 is 0 Å². The number of rotatable bonds is 3. The van der Waals surface area contributed by atoms with Crippen molar-refractivity contribution >= 4 is 57.7 Å². The van der Waals surface area contributed by atoms with Crippen LogP contribution in [0.1, 0.15) is 5.56 Å². The van der Waals surface area contributed by atoms with Gasteiger partial charge in [0.05, 0.1) is 17.8 Å². The highest BCUT2D eigenvalue weighted by molar-refractivity contribution is 14.1. The minimum Gasteiger partial charge on any atom is -0.495 e. The Kier molecular flexibility index (Phi) is 5.07. The van der Waals surface area contributed by atoms with Gasteiger partial charge in [0.25, 0.3) is 0 Å². The summed E-state index contributed by atoms with van der Waals surface area (Å²) in [6.45, 7) is 0. The molecule has 0 fully saturated rings. The molecule has 0 aliphatic heterocycles. The Morgan fingerprint density at radius 2 is 1.84 bits per heavy atom. The van der Waals surface area contributed by atoms with Gasteiger partial charge in [0.2, 0.25) is 0 Å². The van der Waals surface area contributed by atoms with Gasteiger partial charge in [-0.3, -0.25) is 4.99 Å². The van der Waals surface area contributed by atoms with Gasteiger partial charge in [0.1, 0.15) is 5.75 Å².